The molecule has 3 N–H and O–H groups in total. The highest BCUT2D eigenvalue weighted by molar-refractivity contribution is 5.74. The van der Waals surface area contributed by atoms with Gasteiger partial charge in [-0.3, -0.25) is 0 Å². The summed E-state index contributed by atoms with van der Waals surface area (Å²) in [4.78, 5) is 16.3. The molecule has 2 aromatic rings. The van der Waals surface area contributed by atoms with Gasteiger partial charge in [-0.25, -0.2) is 9.18 Å². The smallest absolute Gasteiger partial charge is 0.315 e. The van der Waals surface area contributed by atoms with Crippen molar-refractivity contribution in [1.82, 2.24) is 20.8 Å². The Bertz CT molecular complexity index is 736. The molecule has 1 fully saturated rings. The van der Waals surface area contributed by atoms with Gasteiger partial charge in [0.2, 0.25) is 11.7 Å². The number of carbonyl (C=O) groups excluding carboxylic acids is 1. The van der Waals surface area contributed by atoms with Gasteiger partial charge >= 0.3 is 6.03 Å². The van der Waals surface area contributed by atoms with Crippen molar-refractivity contribution in [1.29, 1.82) is 0 Å². The summed E-state index contributed by atoms with van der Waals surface area (Å²) in [6.45, 7) is 1.71. The summed E-state index contributed by atoms with van der Waals surface area (Å²) in [5.74, 6) is 0.0882. The summed E-state index contributed by atoms with van der Waals surface area (Å²) in [6.07, 6.45) is 2.90. The maximum atomic E-state index is 13.3. The number of halogens is 1. The second-order valence-electron chi connectivity index (χ2n) is 6.26. The maximum absolute atomic E-state index is 13.3. The molecular weight excluding hydrogens is 327 g/mol. The van der Waals surface area contributed by atoms with E-state index in [2.05, 4.69) is 20.8 Å². The van der Waals surface area contributed by atoms with E-state index in [1.807, 2.05) is 0 Å². The van der Waals surface area contributed by atoms with Gasteiger partial charge in [0.25, 0.3) is 0 Å². The van der Waals surface area contributed by atoms with E-state index >= 15 is 0 Å². The average Bonchev–Trinajstić information content (AvgIpc) is 3.07. The fourth-order valence-corrected chi connectivity index (χ4v) is 2.90. The van der Waals surface area contributed by atoms with Crippen LogP contribution < -0.4 is 10.6 Å². The van der Waals surface area contributed by atoms with Crippen LogP contribution in [-0.4, -0.2) is 33.4 Å². The van der Waals surface area contributed by atoms with Crippen LogP contribution in [0, 0.1) is 5.82 Å². The molecular formula is C17H21FN4O3. The fraction of sp³-hybridized carbons (Fsp3) is 0.471. The van der Waals surface area contributed by atoms with E-state index in [1.165, 1.54) is 12.1 Å². The molecule has 25 heavy (non-hydrogen) atoms. The Labute approximate surface area is 144 Å². The Balaban J connectivity index is 1.59. The molecule has 0 saturated heterocycles. The van der Waals surface area contributed by atoms with E-state index in [1.54, 1.807) is 19.1 Å². The first-order valence-electron chi connectivity index (χ1n) is 8.37. The third kappa shape index (κ3) is 4.33. The van der Waals surface area contributed by atoms with E-state index in [-0.39, 0.29) is 23.6 Å². The van der Waals surface area contributed by atoms with E-state index in [9.17, 15) is 14.3 Å². The molecule has 1 heterocycles. The Morgan fingerprint density at radius 2 is 2.20 bits per heavy atom. The number of amides is 2. The van der Waals surface area contributed by atoms with Crippen molar-refractivity contribution in [2.24, 2.45) is 0 Å². The van der Waals surface area contributed by atoms with E-state index in [4.69, 9.17) is 4.52 Å². The molecule has 0 bridgehead atoms. The van der Waals surface area contributed by atoms with Crippen LogP contribution in [0.25, 0.3) is 11.4 Å². The van der Waals surface area contributed by atoms with E-state index in [0.29, 0.717) is 12.0 Å². The Hall–Kier alpha value is -2.48. The van der Waals surface area contributed by atoms with Crippen molar-refractivity contribution in [3.8, 4) is 11.4 Å². The zero-order valence-corrected chi connectivity index (χ0v) is 13.9. The minimum Gasteiger partial charge on any atom is -0.391 e. The summed E-state index contributed by atoms with van der Waals surface area (Å²) in [5, 5.41) is 19.2. The highest BCUT2D eigenvalue weighted by atomic mass is 19.1. The number of nitrogens with zero attached hydrogens (tertiary/aromatic N) is 2. The highest BCUT2D eigenvalue weighted by Crippen LogP contribution is 2.20. The molecule has 0 spiro atoms. The quantitative estimate of drug-likeness (QED) is 0.788. The molecule has 1 aliphatic rings. The van der Waals surface area contributed by atoms with Gasteiger partial charge in [0.1, 0.15) is 11.9 Å². The highest BCUT2D eigenvalue weighted by Gasteiger charge is 2.25. The Kier molecular flexibility index (Phi) is 5.28. The predicted molar refractivity (Wildman–Crippen MR) is 88.0 cm³/mol. The summed E-state index contributed by atoms with van der Waals surface area (Å²) < 4.78 is 18.4. The van der Waals surface area contributed by atoms with Crippen LogP contribution in [0.1, 0.15) is 44.5 Å². The Morgan fingerprint density at radius 3 is 2.96 bits per heavy atom. The first-order chi connectivity index (χ1) is 12.0. The third-order valence-corrected chi connectivity index (χ3v) is 4.29. The molecule has 1 aliphatic carbocycles. The van der Waals surface area contributed by atoms with Crippen molar-refractivity contribution in [2.75, 3.05) is 0 Å². The molecule has 0 aliphatic heterocycles. The van der Waals surface area contributed by atoms with Crippen molar-refractivity contribution >= 4 is 6.03 Å². The molecule has 134 valence electrons. The lowest BCUT2D eigenvalue weighted by atomic mass is 9.93. The number of aliphatic hydroxyl groups is 1. The van der Waals surface area contributed by atoms with Crippen molar-refractivity contribution in [2.45, 2.75) is 50.8 Å². The second-order valence-corrected chi connectivity index (χ2v) is 6.26. The number of carbonyl (C=O) groups is 1. The monoisotopic (exact) mass is 348 g/mol. The first kappa shape index (κ1) is 17.3. The lowest BCUT2D eigenvalue weighted by Crippen LogP contribution is -2.49. The van der Waals surface area contributed by atoms with Crippen LogP contribution in [0.3, 0.4) is 0 Å². The molecule has 1 aromatic heterocycles. The second kappa shape index (κ2) is 7.60. The topological polar surface area (TPSA) is 100 Å². The average molecular weight is 348 g/mol. The molecule has 1 aromatic carbocycles. The lowest BCUT2D eigenvalue weighted by molar-refractivity contribution is 0.0939. The van der Waals surface area contributed by atoms with Crippen LogP contribution in [0.15, 0.2) is 28.8 Å². The summed E-state index contributed by atoms with van der Waals surface area (Å²) >= 11 is 0. The van der Waals surface area contributed by atoms with Crippen LogP contribution >= 0.6 is 0 Å². The molecule has 0 radical (unpaired) electrons. The molecule has 3 rings (SSSR count). The molecule has 8 heteroatoms. The van der Waals surface area contributed by atoms with Crippen molar-refractivity contribution in [3.05, 3.63) is 36.0 Å². The lowest BCUT2D eigenvalue weighted by Gasteiger charge is -2.28. The van der Waals surface area contributed by atoms with Crippen molar-refractivity contribution in [3.63, 3.8) is 0 Å². The van der Waals surface area contributed by atoms with E-state index in [0.717, 1.165) is 19.3 Å². The minimum atomic E-state index is -0.518. The van der Waals surface area contributed by atoms with Gasteiger partial charge in [-0.15, -0.1) is 0 Å². The predicted octanol–water partition coefficient (Wildman–Crippen LogP) is 2.54. The largest absolute Gasteiger partial charge is 0.391 e. The maximum Gasteiger partial charge on any atom is 0.315 e. The van der Waals surface area contributed by atoms with Crippen LogP contribution in [0.2, 0.25) is 0 Å². The van der Waals surface area contributed by atoms with Gasteiger partial charge in [-0.1, -0.05) is 30.1 Å². The number of aromatic nitrogens is 2. The third-order valence-electron chi connectivity index (χ3n) is 4.29. The standard InChI is InChI=1S/C17H21FN4O3/c1-10(19-17(24)20-13-7-2-3-8-14(13)23)16-21-15(22-25-16)11-5-4-6-12(18)9-11/h4-6,9-10,13-14,23H,2-3,7-8H2,1H3,(H2,19,20,24). The van der Waals surface area contributed by atoms with E-state index < -0.39 is 18.2 Å². The normalized spacial score (nSPS) is 21.6. The molecule has 1 saturated carbocycles. The number of urea groups is 1. The van der Waals surface area contributed by atoms with Gasteiger partial charge in [-0.2, -0.15) is 4.98 Å². The fourth-order valence-electron chi connectivity index (χ4n) is 2.90. The van der Waals surface area contributed by atoms with Crippen LogP contribution in [-0.2, 0) is 0 Å². The van der Waals surface area contributed by atoms with Crippen molar-refractivity contribution < 1.29 is 18.8 Å². The molecule has 3 atom stereocenters. The minimum absolute atomic E-state index is 0.221. The number of hydrogen-bond acceptors (Lipinski definition) is 5. The molecule has 2 amide bonds. The number of hydrogen-bond donors (Lipinski definition) is 3. The van der Waals surface area contributed by atoms with Crippen LogP contribution in [0.4, 0.5) is 9.18 Å². The number of rotatable bonds is 4. The molecule has 3 unspecified atom stereocenters. The van der Waals surface area contributed by atoms with Gasteiger partial charge in [0.05, 0.1) is 12.1 Å². The van der Waals surface area contributed by atoms with Gasteiger partial charge in [0.15, 0.2) is 0 Å². The molecule has 7 nitrogen and oxygen atoms in total. The summed E-state index contributed by atoms with van der Waals surface area (Å²) in [6, 6.07) is 4.71. The number of aliphatic hydroxyl groups excluding tert-OH is 1. The van der Waals surface area contributed by atoms with Gasteiger partial charge in [0, 0.05) is 5.56 Å². The number of benzene rings is 1. The number of nitrogens with one attached hydrogen (secondary N) is 2. The summed E-state index contributed by atoms with van der Waals surface area (Å²) in [7, 11) is 0. The van der Waals surface area contributed by atoms with Gasteiger partial charge < -0.3 is 20.3 Å². The van der Waals surface area contributed by atoms with Gasteiger partial charge in [-0.05, 0) is 31.9 Å². The summed E-state index contributed by atoms with van der Waals surface area (Å²) in [5.41, 5.74) is 0.497. The zero-order chi connectivity index (χ0) is 17.8. The first-order valence-corrected chi connectivity index (χ1v) is 8.37. The zero-order valence-electron chi connectivity index (χ0n) is 13.9. The Morgan fingerprint density at radius 1 is 1.40 bits per heavy atom. The SMILES string of the molecule is CC(NC(=O)NC1CCCCC1O)c1nc(-c2cccc(F)c2)no1. The van der Waals surface area contributed by atoms with Crippen LogP contribution in [0.5, 0.6) is 0 Å².